The maximum atomic E-state index is 12.2. The van der Waals surface area contributed by atoms with Crippen molar-refractivity contribution in [3.8, 4) is 0 Å². The lowest BCUT2D eigenvalue weighted by molar-refractivity contribution is -0.111. The first kappa shape index (κ1) is 18.8. The van der Waals surface area contributed by atoms with Crippen LogP contribution in [0.3, 0.4) is 0 Å². The second-order valence-corrected chi connectivity index (χ2v) is 6.73. The highest BCUT2D eigenvalue weighted by Crippen LogP contribution is 2.22. The number of aryl methyl sites for hydroxylation is 1. The Balaban J connectivity index is 1.94. The third-order valence-electron chi connectivity index (χ3n) is 3.30. The molecule has 0 radical (unpaired) electrons. The summed E-state index contributed by atoms with van der Waals surface area (Å²) in [7, 11) is 3.89. The number of benzene rings is 1. The number of nitrogens with zero attached hydrogens (tertiary/aromatic N) is 2. The summed E-state index contributed by atoms with van der Waals surface area (Å²) in [5.41, 5.74) is 1.55. The topological polar surface area (TPSA) is 74.3 Å². The van der Waals surface area contributed by atoms with E-state index in [0.717, 1.165) is 12.1 Å². The quantitative estimate of drug-likeness (QED) is 0.746. The Morgan fingerprint density at radius 2 is 1.96 bits per heavy atom. The van der Waals surface area contributed by atoms with Crippen molar-refractivity contribution in [3.05, 3.63) is 52.5 Å². The van der Waals surface area contributed by atoms with E-state index >= 15 is 0 Å². The van der Waals surface area contributed by atoms with Gasteiger partial charge in [-0.2, -0.15) is 0 Å². The van der Waals surface area contributed by atoms with Gasteiger partial charge in [0.1, 0.15) is 4.88 Å². The Labute approximate surface area is 151 Å². The molecule has 1 aromatic carbocycles. The molecule has 132 valence electrons. The molecule has 0 aliphatic carbocycles. The summed E-state index contributed by atoms with van der Waals surface area (Å²) in [5, 5.41) is 5.96. The molecule has 0 unspecified atom stereocenters. The normalized spacial score (nSPS) is 11.0. The fraction of sp³-hybridized carbons (Fsp3) is 0.278. The summed E-state index contributed by atoms with van der Waals surface area (Å²) in [6.45, 7) is 3.08. The molecular weight excluding hydrogens is 336 g/mol. The number of rotatable bonds is 7. The smallest absolute Gasteiger partial charge is 0.263 e. The van der Waals surface area contributed by atoms with Gasteiger partial charge in [0.05, 0.1) is 5.69 Å². The number of thiazole rings is 1. The minimum Gasteiger partial charge on any atom is -0.350 e. The Morgan fingerprint density at radius 1 is 1.24 bits per heavy atom. The van der Waals surface area contributed by atoms with E-state index in [0.29, 0.717) is 22.2 Å². The maximum absolute atomic E-state index is 12.2. The Hall–Kier alpha value is -2.51. The third kappa shape index (κ3) is 6.13. The van der Waals surface area contributed by atoms with E-state index in [1.165, 1.54) is 17.4 Å². The summed E-state index contributed by atoms with van der Waals surface area (Å²) in [4.78, 5) is 30.9. The number of hydrogen-bond donors (Lipinski definition) is 2. The standard InChI is InChI=1S/C18H22N4O2S/c1-13-16(17(24)19-11-12-22(2)3)25-18(20-13)21-15(23)10-9-14-7-5-4-6-8-14/h4-10H,11-12H2,1-3H3,(H,19,24)(H,20,21,23)/b10-9+. The molecule has 2 rings (SSSR count). The van der Waals surface area contributed by atoms with Crippen LogP contribution in [0.15, 0.2) is 36.4 Å². The zero-order valence-electron chi connectivity index (χ0n) is 14.6. The molecule has 25 heavy (non-hydrogen) atoms. The SMILES string of the molecule is Cc1nc(NC(=O)/C=C/c2ccccc2)sc1C(=O)NCCN(C)C. The molecule has 0 fully saturated rings. The van der Waals surface area contributed by atoms with Gasteiger partial charge in [0, 0.05) is 19.2 Å². The van der Waals surface area contributed by atoms with Crippen LogP contribution < -0.4 is 10.6 Å². The van der Waals surface area contributed by atoms with Crippen molar-refractivity contribution < 1.29 is 9.59 Å². The lowest BCUT2D eigenvalue weighted by atomic mass is 10.2. The van der Waals surface area contributed by atoms with E-state index < -0.39 is 0 Å². The summed E-state index contributed by atoms with van der Waals surface area (Å²) in [5.74, 6) is -0.450. The van der Waals surface area contributed by atoms with Gasteiger partial charge >= 0.3 is 0 Å². The van der Waals surface area contributed by atoms with Crippen molar-refractivity contribution in [1.82, 2.24) is 15.2 Å². The van der Waals surface area contributed by atoms with Crippen molar-refractivity contribution in [2.75, 3.05) is 32.5 Å². The van der Waals surface area contributed by atoms with Crippen LogP contribution in [0.4, 0.5) is 5.13 Å². The predicted molar refractivity (Wildman–Crippen MR) is 102 cm³/mol. The summed E-state index contributed by atoms with van der Waals surface area (Å²) in [6, 6.07) is 9.55. The number of anilines is 1. The van der Waals surface area contributed by atoms with Crippen LogP contribution in [0, 0.1) is 6.92 Å². The zero-order valence-corrected chi connectivity index (χ0v) is 15.4. The highest BCUT2D eigenvalue weighted by Gasteiger charge is 2.15. The number of nitrogens with one attached hydrogen (secondary N) is 2. The Bertz CT molecular complexity index is 754. The van der Waals surface area contributed by atoms with Crippen LogP contribution >= 0.6 is 11.3 Å². The predicted octanol–water partition coefficient (Wildman–Crippen LogP) is 2.39. The van der Waals surface area contributed by atoms with Crippen LogP contribution in [-0.4, -0.2) is 48.9 Å². The van der Waals surface area contributed by atoms with Gasteiger partial charge in [-0.1, -0.05) is 41.7 Å². The van der Waals surface area contributed by atoms with E-state index in [4.69, 9.17) is 0 Å². The summed E-state index contributed by atoms with van der Waals surface area (Å²) in [6.07, 6.45) is 3.17. The minimum absolute atomic E-state index is 0.169. The first-order valence-electron chi connectivity index (χ1n) is 7.90. The second kappa shape index (κ2) is 9.10. The van der Waals surface area contributed by atoms with Crippen LogP contribution in [0.25, 0.3) is 6.08 Å². The van der Waals surface area contributed by atoms with Crippen LogP contribution in [0.5, 0.6) is 0 Å². The van der Waals surface area contributed by atoms with Crippen molar-refractivity contribution in [2.24, 2.45) is 0 Å². The molecule has 7 heteroatoms. The first-order chi connectivity index (χ1) is 12.0. The lowest BCUT2D eigenvalue weighted by Crippen LogP contribution is -2.31. The fourth-order valence-electron chi connectivity index (χ4n) is 2.02. The lowest BCUT2D eigenvalue weighted by Gasteiger charge is -2.09. The highest BCUT2D eigenvalue weighted by atomic mass is 32.1. The van der Waals surface area contributed by atoms with Crippen LogP contribution in [-0.2, 0) is 4.79 Å². The van der Waals surface area contributed by atoms with Gasteiger partial charge in [-0.25, -0.2) is 4.98 Å². The van der Waals surface area contributed by atoms with E-state index in [1.807, 2.05) is 49.3 Å². The molecule has 6 nitrogen and oxygen atoms in total. The summed E-state index contributed by atoms with van der Waals surface area (Å²) >= 11 is 1.17. The molecule has 0 bridgehead atoms. The van der Waals surface area contributed by atoms with Crippen molar-refractivity contribution in [3.63, 3.8) is 0 Å². The average Bonchev–Trinajstić information content (AvgIpc) is 2.94. The monoisotopic (exact) mass is 358 g/mol. The van der Waals surface area contributed by atoms with E-state index in [-0.39, 0.29) is 11.8 Å². The van der Waals surface area contributed by atoms with Gasteiger partial charge in [0.2, 0.25) is 5.91 Å². The van der Waals surface area contributed by atoms with Gasteiger partial charge in [-0.3, -0.25) is 14.9 Å². The molecule has 0 aliphatic heterocycles. The molecule has 2 amide bonds. The molecule has 2 N–H and O–H groups in total. The minimum atomic E-state index is -0.280. The first-order valence-corrected chi connectivity index (χ1v) is 8.72. The number of amides is 2. The molecule has 0 aliphatic rings. The van der Waals surface area contributed by atoms with Gasteiger partial charge in [0.15, 0.2) is 5.13 Å². The molecule has 0 atom stereocenters. The highest BCUT2D eigenvalue weighted by molar-refractivity contribution is 7.17. The summed E-state index contributed by atoms with van der Waals surface area (Å²) < 4.78 is 0. The molecule has 0 saturated carbocycles. The Kier molecular flexibility index (Phi) is 6.85. The largest absolute Gasteiger partial charge is 0.350 e. The van der Waals surface area contributed by atoms with E-state index in [9.17, 15) is 9.59 Å². The number of likely N-dealkylation sites (N-methyl/N-ethyl adjacent to an activating group) is 1. The number of hydrogen-bond acceptors (Lipinski definition) is 5. The average molecular weight is 358 g/mol. The number of carbonyl (C=O) groups excluding carboxylic acids is 2. The molecule has 0 saturated heterocycles. The van der Waals surface area contributed by atoms with Crippen LogP contribution in [0.1, 0.15) is 20.9 Å². The molecule has 2 aromatic rings. The number of aromatic nitrogens is 1. The van der Waals surface area contributed by atoms with Crippen molar-refractivity contribution in [1.29, 1.82) is 0 Å². The van der Waals surface area contributed by atoms with Crippen molar-refractivity contribution in [2.45, 2.75) is 6.92 Å². The second-order valence-electron chi connectivity index (χ2n) is 5.73. The van der Waals surface area contributed by atoms with Crippen LogP contribution in [0.2, 0.25) is 0 Å². The van der Waals surface area contributed by atoms with Gasteiger partial charge < -0.3 is 10.2 Å². The van der Waals surface area contributed by atoms with Gasteiger partial charge in [-0.15, -0.1) is 0 Å². The van der Waals surface area contributed by atoms with E-state index in [2.05, 4.69) is 15.6 Å². The zero-order chi connectivity index (χ0) is 18.2. The molecular formula is C18H22N4O2S. The van der Waals surface area contributed by atoms with E-state index in [1.54, 1.807) is 13.0 Å². The Morgan fingerprint density at radius 3 is 2.64 bits per heavy atom. The number of carbonyl (C=O) groups is 2. The molecule has 0 spiro atoms. The molecule has 1 aromatic heterocycles. The van der Waals surface area contributed by atoms with Crippen molar-refractivity contribution >= 4 is 34.4 Å². The maximum Gasteiger partial charge on any atom is 0.263 e. The third-order valence-corrected chi connectivity index (χ3v) is 4.38. The molecule has 1 heterocycles. The fourth-order valence-corrected chi connectivity index (χ4v) is 2.90. The van der Waals surface area contributed by atoms with Gasteiger partial charge in [0.25, 0.3) is 5.91 Å². The van der Waals surface area contributed by atoms with Gasteiger partial charge in [-0.05, 0) is 32.7 Å².